The zero-order valence-electron chi connectivity index (χ0n) is 21.9. The fraction of sp³-hybridized carbons (Fsp3) is 0.552. The lowest BCUT2D eigenvalue weighted by Crippen LogP contribution is -2.54. The second-order valence-electron chi connectivity index (χ2n) is 10.7. The third-order valence-corrected chi connectivity index (χ3v) is 8.81. The Kier molecular flexibility index (Phi) is 8.64. The molecule has 2 N–H and O–H groups in total. The average Bonchev–Trinajstić information content (AvgIpc) is 3.43. The topological polar surface area (TPSA) is 97.0 Å². The Morgan fingerprint density at radius 3 is 2.71 bits per heavy atom. The SMILES string of the molecule is CN1C(=O)c2cc(NC(=O)Cc3cccs3)ccc2OC[C@@H]2O[C@@H](CC(=O)NCC3CCCCC3)CC[C@@H]21. The number of hydrogen-bond acceptors (Lipinski definition) is 6. The van der Waals surface area contributed by atoms with Crippen LogP contribution in [0.15, 0.2) is 35.7 Å². The molecule has 0 radical (unpaired) electrons. The van der Waals surface area contributed by atoms with Crippen molar-refractivity contribution in [3.05, 3.63) is 46.2 Å². The van der Waals surface area contributed by atoms with E-state index in [9.17, 15) is 14.4 Å². The Hall–Kier alpha value is -2.91. The lowest BCUT2D eigenvalue weighted by atomic mass is 9.89. The van der Waals surface area contributed by atoms with E-state index in [0.717, 1.165) is 17.8 Å². The van der Waals surface area contributed by atoms with Crippen LogP contribution in [0.4, 0.5) is 5.69 Å². The number of hydrogen-bond donors (Lipinski definition) is 2. The van der Waals surface area contributed by atoms with Gasteiger partial charge in [0.05, 0.1) is 30.6 Å². The lowest BCUT2D eigenvalue weighted by molar-refractivity contribution is -0.134. The number of anilines is 1. The van der Waals surface area contributed by atoms with Gasteiger partial charge in [-0.15, -0.1) is 11.3 Å². The number of fused-ring (bicyclic) bond motifs is 2. The van der Waals surface area contributed by atoms with Gasteiger partial charge in [-0.05, 0) is 61.2 Å². The van der Waals surface area contributed by atoms with Gasteiger partial charge in [-0.2, -0.15) is 0 Å². The van der Waals surface area contributed by atoms with Crippen LogP contribution in [0.1, 0.15) is 66.6 Å². The van der Waals surface area contributed by atoms with Crippen LogP contribution in [0.5, 0.6) is 5.75 Å². The Bertz CT molecular complexity index is 1130. The molecule has 2 fully saturated rings. The Morgan fingerprint density at radius 1 is 1.08 bits per heavy atom. The number of nitrogens with one attached hydrogen (secondary N) is 2. The molecule has 0 unspecified atom stereocenters. The maximum atomic E-state index is 13.4. The third-order valence-electron chi connectivity index (χ3n) is 7.94. The van der Waals surface area contributed by atoms with Crippen molar-refractivity contribution in [1.82, 2.24) is 10.2 Å². The quantitative estimate of drug-likeness (QED) is 0.544. The Morgan fingerprint density at radius 2 is 1.92 bits per heavy atom. The minimum atomic E-state index is -0.313. The number of rotatable bonds is 7. The largest absolute Gasteiger partial charge is 0.490 e. The standard InChI is InChI=1S/C29H37N3O5S/c1-32-24-11-10-21(15-27(33)30-17-19-6-3-2-4-7-19)37-26(24)18-36-25-12-9-20(14-23(25)29(32)35)31-28(34)16-22-8-5-13-38-22/h5,8-9,12-14,19,21,24,26H,2-4,6-7,10-11,15-18H2,1H3,(H,30,33)(H,31,34)/t21-,24+,26+/m1/s1. The zero-order valence-corrected chi connectivity index (χ0v) is 22.8. The number of likely N-dealkylation sites (N-methyl/N-ethyl adjacent to an activating group) is 1. The molecule has 2 aromatic rings. The van der Waals surface area contributed by atoms with Crippen LogP contribution in [-0.4, -0.2) is 61.1 Å². The van der Waals surface area contributed by atoms with Gasteiger partial charge in [-0.1, -0.05) is 25.3 Å². The van der Waals surface area contributed by atoms with Gasteiger partial charge in [0.1, 0.15) is 18.5 Å². The Labute approximate surface area is 228 Å². The smallest absolute Gasteiger partial charge is 0.257 e. The van der Waals surface area contributed by atoms with Gasteiger partial charge in [0.2, 0.25) is 11.8 Å². The highest BCUT2D eigenvalue weighted by molar-refractivity contribution is 7.10. The molecule has 9 heteroatoms. The first-order chi connectivity index (χ1) is 18.5. The molecule has 1 saturated carbocycles. The number of ether oxygens (including phenoxy) is 2. The van der Waals surface area contributed by atoms with Crippen LogP contribution in [0, 0.1) is 5.92 Å². The van der Waals surface area contributed by atoms with E-state index in [1.54, 1.807) is 30.1 Å². The predicted molar refractivity (Wildman–Crippen MR) is 147 cm³/mol. The summed E-state index contributed by atoms with van der Waals surface area (Å²) >= 11 is 1.54. The second-order valence-corrected chi connectivity index (χ2v) is 11.7. The average molecular weight is 540 g/mol. The van der Waals surface area contributed by atoms with Crippen molar-refractivity contribution in [2.75, 3.05) is 25.5 Å². The first kappa shape index (κ1) is 26.7. The normalized spacial score (nSPS) is 23.9. The van der Waals surface area contributed by atoms with Crippen LogP contribution in [0.25, 0.3) is 0 Å². The van der Waals surface area contributed by atoms with Crippen molar-refractivity contribution in [3.63, 3.8) is 0 Å². The van der Waals surface area contributed by atoms with Crippen molar-refractivity contribution in [2.24, 2.45) is 5.92 Å². The van der Waals surface area contributed by atoms with E-state index in [2.05, 4.69) is 10.6 Å². The van der Waals surface area contributed by atoms with Gasteiger partial charge in [-0.25, -0.2) is 0 Å². The van der Waals surface area contributed by atoms with Crippen LogP contribution >= 0.6 is 11.3 Å². The molecule has 8 nitrogen and oxygen atoms in total. The minimum Gasteiger partial charge on any atom is -0.490 e. The van der Waals surface area contributed by atoms with Crippen LogP contribution in [0.2, 0.25) is 0 Å². The fourth-order valence-electron chi connectivity index (χ4n) is 5.81. The Balaban J connectivity index is 1.18. The summed E-state index contributed by atoms with van der Waals surface area (Å²) in [6.07, 6.45) is 7.80. The van der Waals surface area contributed by atoms with Gasteiger partial charge < -0.3 is 25.0 Å². The number of thiophene rings is 1. The van der Waals surface area contributed by atoms with Crippen molar-refractivity contribution in [1.29, 1.82) is 0 Å². The van der Waals surface area contributed by atoms with Crippen molar-refractivity contribution in [2.45, 2.75) is 76.0 Å². The van der Waals surface area contributed by atoms with Gasteiger partial charge in [0.25, 0.3) is 5.91 Å². The highest BCUT2D eigenvalue weighted by Gasteiger charge is 2.39. The number of amides is 3. The molecule has 0 bridgehead atoms. The van der Waals surface area contributed by atoms with Crippen molar-refractivity contribution >= 4 is 34.7 Å². The summed E-state index contributed by atoms with van der Waals surface area (Å²) in [6, 6.07) is 8.86. The molecular weight excluding hydrogens is 502 g/mol. The summed E-state index contributed by atoms with van der Waals surface area (Å²) in [5, 5.41) is 7.94. The van der Waals surface area contributed by atoms with Crippen molar-refractivity contribution in [3.8, 4) is 5.75 Å². The van der Waals surface area contributed by atoms with E-state index in [1.807, 2.05) is 17.5 Å². The molecule has 3 atom stereocenters. The van der Waals surface area contributed by atoms with E-state index in [4.69, 9.17) is 9.47 Å². The van der Waals surface area contributed by atoms with E-state index in [0.29, 0.717) is 48.8 Å². The summed E-state index contributed by atoms with van der Waals surface area (Å²) in [5.41, 5.74) is 0.982. The summed E-state index contributed by atoms with van der Waals surface area (Å²) in [6.45, 7) is 1.05. The second kappa shape index (κ2) is 12.3. The molecule has 2 aliphatic heterocycles. The summed E-state index contributed by atoms with van der Waals surface area (Å²) in [7, 11) is 1.79. The van der Waals surface area contributed by atoms with Gasteiger partial charge in [0.15, 0.2) is 0 Å². The summed E-state index contributed by atoms with van der Waals surface area (Å²) in [5.74, 6) is 0.797. The predicted octanol–water partition coefficient (Wildman–Crippen LogP) is 4.40. The lowest BCUT2D eigenvalue weighted by Gasteiger charge is -2.42. The molecule has 1 aromatic heterocycles. The van der Waals surface area contributed by atoms with Crippen LogP contribution < -0.4 is 15.4 Å². The number of benzene rings is 1. The molecule has 0 spiro atoms. The molecule has 1 aliphatic carbocycles. The number of carbonyl (C=O) groups excluding carboxylic acids is 3. The zero-order chi connectivity index (χ0) is 26.5. The summed E-state index contributed by atoms with van der Waals surface area (Å²) in [4.78, 5) is 41.2. The highest BCUT2D eigenvalue weighted by atomic mass is 32.1. The van der Waals surface area contributed by atoms with Crippen molar-refractivity contribution < 1.29 is 23.9 Å². The molecule has 1 saturated heterocycles. The summed E-state index contributed by atoms with van der Waals surface area (Å²) < 4.78 is 12.4. The number of carbonyl (C=O) groups is 3. The number of nitrogens with zero attached hydrogens (tertiary/aromatic N) is 1. The van der Waals surface area contributed by atoms with E-state index in [1.165, 1.54) is 43.4 Å². The van der Waals surface area contributed by atoms with E-state index >= 15 is 0 Å². The van der Waals surface area contributed by atoms with Crippen LogP contribution in [-0.2, 0) is 20.7 Å². The van der Waals surface area contributed by atoms with Crippen LogP contribution in [0.3, 0.4) is 0 Å². The van der Waals surface area contributed by atoms with Gasteiger partial charge >= 0.3 is 0 Å². The van der Waals surface area contributed by atoms with E-state index in [-0.39, 0.29) is 36.0 Å². The van der Waals surface area contributed by atoms with Gasteiger partial charge in [-0.3, -0.25) is 14.4 Å². The molecule has 3 heterocycles. The monoisotopic (exact) mass is 539 g/mol. The molecule has 204 valence electrons. The molecule has 38 heavy (non-hydrogen) atoms. The molecular formula is C29H37N3O5S. The highest BCUT2D eigenvalue weighted by Crippen LogP contribution is 2.32. The maximum Gasteiger partial charge on any atom is 0.257 e. The molecule has 3 aliphatic rings. The van der Waals surface area contributed by atoms with E-state index < -0.39 is 0 Å². The first-order valence-electron chi connectivity index (χ1n) is 13.7. The minimum absolute atomic E-state index is 0.0363. The maximum absolute atomic E-state index is 13.4. The molecule has 5 rings (SSSR count). The first-order valence-corrected chi connectivity index (χ1v) is 14.6. The molecule has 1 aromatic carbocycles. The fourth-order valence-corrected chi connectivity index (χ4v) is 6.51. The molecule has 3 amide bonds. The van der Waals surface area contributed by atoms with Gasteiger partial charge in [0, 0.05) is 24.2 Å². The third kappa shape index (κ3) is 6.56.